The zero-order valence-corrected chi connectivity index (χ0v) is 19.9. The monoisotopic (exact) mass is 467 g/mol. The Kier molecular flexibility index (Phi) is 8.74. The highest BCUT2D eigenvalue weighted by Crippen LogP contribution is 2.29. The van der Waals surface area contributed by atoms with Crippen molar-refractivity contribution < 1.29 is 23.8 Å². The molecule has 174 valence electrons. The quantitative estimate of drug-likeness (QED) is 0.402. The second-order valence-electron chi connectivity index (χ2n) is 7.85. The van der Waals surface area contributed by atoms with Crippen molar-refractivity contribution in [3.63, 3.8) is 0 Å². The predicted molar refractivity (Wildman–Crippen MR) is 130 cm³/mol. The molecular formula is C26H29NO5S. The number of carbonyl (C=O) groups is 2. The molecule has 0 unspecified atom stereocenters. The van der Waals surface area contributed by atoms with Crippen LogP contribution < -0.4 is 5.32 Å². The van der Waals surface area contributed by atoms with Crippen LogP contribution in [0.2, 0.25) is 0 Å². The van der Waals surface area contributed by atoms with E-state index < -0.39 is 17.9 Å². The molecule has 0 bridgehead atoms. The van der Waals surface area contributed by atoms with Crippen LogP contribution >= 0.6 is 11.8 Å². The summed E-state index contributed by atoms with van der Waals surface area (Å²) in [6.45, 7) is 4.58. The summed E-state index contributed by atoms with van der Waals surface area (Å²) < 4.78 is 11.3. The number of aliphatic carboxylic acids is 1. The van der Waals surface area contributed by atoms with Gasteiger partial charge < -0.3 is 19.6 Å². The molecule has 0 aliphatic rings. The number of thioether (sulfide) groups is 1. The Labute approximate surface area is 198 Å². The van der Waals surface area contributed by atoms with Gasteiger partial charge in [-0.25, -0.2) is 4.79 Å². The zero-order chi connectivity index (χ0) is 23.8. The number of hydrogen-bond acceptors (Lipinski definition) is 5. The number of aryl methyl sites for hydroxylation is 2. The van der Waals surface area contributed by atoms with Gasteiger partial charge in [0.25, 0.3) is 5.91 Å². The van der Waals surface area contributed by atoms with Crippen molar-refractivity contribution in [1.29, 1.82) is 0 Å². The van der Waals surface area contributed by atoms with Crippen molar-refractivity contribution in [1.82, 2.24) is 5.32 Å². The SMILES string of the molecule is CSCC[C@H](NC(=O)c1ccc(COCc2ccc(C)o2)cc1-c1ccccc1C)C(=O)O. The minimum absolute atomic E-state index is 0.353. The maximum Gasteiger partial charge on any atom is 0.326 e. The summed E-state index contributed by atoms with van der Waals surface area (Å²) in [7, 11) is 0. The number of ether oxygens (including phenoxy) is 1. The summed E-state index contributed by atoms with van der Waals surface area (Å²) in [5.74, 6) is 0.803. The first-order valence-electron chi connectivity index (χ1n) is 10.7. The predicted octanol–water partition coefficient (Wildman–Crippen LogP) is 5.22. The number of nitrogens with one attached hydrogen (secondary N) is 1. The minimum atomic E-state index is -1.03. The fourth-order valence-electron chi connectivity index (χ4n) is 3.54. The van der Waals surface area contributed by atoms with E-state index in [2.05, 4.69) is 5.32 Å². The number of carboxylic acids is 1. The van der Waals surface area contributed by atoms with E-state index in [0.29, 0.717) is 31.0 Å². The van der Waals surface area contributed by atoms with E-state index >= 15 is 0 Å². The summed E-state index contributed by atoms with van der Waals surface area (Å²) in [6.07, 6.45) is 2.27. The lowest BCUT2D eigenvalue weighted by molar-refractivity contribution is -0.139. The molecule has 1 aromatic heterocycles. The van der Waals surface area contributed by atoms with Crippen LogP contribution in [0.4, 0.5) is 0 Å². The molecule has 0 aliphatic carbocycles. The molecule has 2 N–H and O–H groups in total. The number of hydrogen-bond donors (Lipinski definition) is 2. The van der Waals surface area contributed by atoms with E-state index in [9.17, 15) is 14.7 Å². The molecular weight excluding hydrogens is 438 g/mol. The minimum Gasteiger partial charge on any atom is -0.480 e. The highest BCUT2D eigenvalue weighted by molar-refractivity contribution is 7.98. The maximum atomic E-state index is 13.1. The highest BCUT2D eigenvalue weighted by atomic mass is 32.2. The fourth-order valence-corrected chi connectivity index (χ4v) is 4.01. The first kappa shape index (κ1) is 24.6. The van der Waals surface area contributed by atoms with Gasteiger partial charge in [-0.15, -0.1) is 0 Å². The summed E-state index contributed by atoms with van der Waals surface area (Å²) in [6, 6.07) is 16.2. The first-order chi connectivity index (χ1) is 15.9. The third-order valence-corrected chi connectivity index (χ3v) is 5.93. The van der Waals surface area contributed by atoms with E-state index in [1.165, 1.54) is 0 Å². The van der Waals surface area contributed by atoms with Crippen molar-refractivity contribution in [2.75, 3.05) is 12.0 Å². The second-order valence-corrected chi connectivity index (χ2v) is 8.83. The van der Waals surface area contributed by atoms with Gasteiger partial charge in [-0.2, -0.15) is 11.8 Å². The normalized spacial score (nSPS) is 11.8. The van der Waals surface area contributed by atoms with Gasteiger partial charge >= 0.3 is 5.97 Å². The van der Waals surface area contributed by atoms with Gasteiger partial charge in [0, 0.05) is 5.56 Å². The largest absolute Gasteiger partial charge is 0.480 e. The molecule has 6 nitrogen and oxygen atoms in total. The molecule has 3 aromatic rings. The molecule has 2 aromatic carbocycles. The number of carboxylic acid groups (broad SMARTS) is 1. The van der Waals surface area contributed by atoms with E-state index in [-0.39, 0.29) is 0 Å². The summed E-state index contributed by atoms with van der Waals surface area (Å²) in [5.41, 5.74) is 4.03. The van der Waals surface area contributed by atoms with Crippen molar-refractivity contribution in [3.05, 3.63) is 82.8 Å². The Morgan fingerprint density at radius 2 is 1.85 bits per heavy atom. The van der Waals surface area contributed by atoms with Crippen molar-refractivity contribution in [3.8, 4) is 11.1 Å². The zero-order valence-electron chi connectivity index (χ0n) is 19.1. The molecule has 7 heteroatoms. The second kappa shape index (κ2) is 11.7. The Bertz CT molecular complexity index is 1110. The molecule has 1 amide bonds. The van der Waals surface area contributed by atoms with Crippen LogP contribution in [0.25, 0.3) is 11.1 Å². The maximum absolute atomic E-state index is 13.1. The smallest absolute Gasteiger partial charge is 0.326 e. The van der Waals surface area contributed by atoms with E-state index in [4.69, 9.17) is 9.15 Å². The van der Waals surface area contributed by atoms with E-state index in [1.54, 1.807) is 17.8 Å². The highest BCUT2D eigenvalue weighted by Gasteiger charge is 2.22. The van der Waals surface area contributed by atoms with E-state index in [0.717, 1.165) is 33.8 Å². The van der Waals surface area contributed by atoms with Gasteiger partial charge in [-0.1, -0.05) is 30.3 Å². The van der Waals surface area contributed by atoms with Crippen molar-refractivity contribution in [2.45, 2.75) is 39.5 Å². The van der Waals surface area contributed by atoms with Gasteiger partial charge in [0.15, 0.2) is 0 Å². The lowest BCUT2D eigenvalue weighted by Gasteiger charge is -2.17. The van der Waals surface area contributed by atoms with Crippen LogP contribution in [0, 0.1) is 13.8 Å². The van der Waals surface area contributed by atoms with E-state index in [1.807, 2.05) is 68.6 Å². The molecule has 0 saturated heterocycles. The molecule has 0 spiro atoms. The standard InChI is InChI=1S/C26H29NO5S/c1-17-6-4-5-7-21(17)23-14-19(15-31-16-20-10-8-18(2)32-20)9-11-22(23)25(28)27-24(26(29)30)12-13-33-3/h4-11,14,24H,12-13,15-16H2,1-3H3,(H,27,28)(H,29,30)/t24-/m0/s1. The Morgan fingerprint density at radius 1 is 1.06 bits per heavy atom. The van der Waals surface area contributed by atoms with Crippen LogP contribution in [0.1, 0.15) is 39.4 Å². The number of furan rings is 1. The third-order valence-electron chi connectivity index (χ3n) is 5.29. The van der Waals surface area contributed by atoms with Crippen LogP contribution in [0.5, 0.6) is 0 Å². The summed E-state index contributed by atoms with van der Waals surface area (Å²) in [5, 5.41) is 12.2. The van der Waals surface area contributed by atoms with Crippen molar-refractivity contribution >= 4 is 23.6 Å². The van der Waals surface area contributed by atoms with Gasteiger partial charge in [0.1, 0.15) is 24.2 Å². The van der Waals surface area contributed by atoms with Gasteiger partial charge in [0.05, 0.1) is 6.61 Å². The Hall–Kier alpha value is -3.03. The summed E-state index contributed by atoms with van der Waals surface area (Å²) in [4.78, 5) is 24.7. The number of benzene rings is 2. The molecule has 0 radical (unpaired) electrons. The van der Waals surface area contributed by atoms with Crippen LogP contribution in [-0.2, 0) is 22.7 Å². The molecule has 1 atom stereocenters. The lowest BCUT2D eigenvalue weighted by Crippen LogP contribution is -2.41. The summed E-state index contributed by atoms with van der Waals surface area (Å²) >= 11 is 1.55. The van der Waals surface area contributed by atoms with Crippen LogP contribution in [0.15, 0.2) is 59.0 Å². The Morgan fingerprint density at radius 3 is 2.52 bits per heavy atom. The van der Waals surface area contributed by atoms with Gasteiger partial charge in [-0.3, -0.25) is 4.79 Å². The first-order valence-corrected chi connectivity index (χ1v) is 12.1. The Balaban J connectivity index is 1.85. The third kappa shape index (κ3) is 6.73. The number of amides is 1. The van der Waals surface area contributed by atoms with Crippen LogP contribution in [0.3, 0.4) is 0 Å². The average molecular weight is 468 g/mol. The fraction of sp³-hybridized carbons (Fsp3) is 0.308. The molecule has 0 aliphatic heterocycles. The lowest BCUT2D eigenvalue weighted by atomic mass is 9.93. The topological polar surface area (TPSA) is 88.8 Å². The molecule has 0 saturated carbocycles. The molecule has 33 heavy (non-hydrogen) atoms. The molecule has 1 heterocycles. The number of carbonyl (C=O) groups excluding carboxylic acids is 1. The average Bonchev–Trinajstić information content (AvgIpc) is 3.21. The number of rotatable bonds is 11. The van der Waals surface area contributed by atoms with Crippen LogP contribution in [-0.4, -0.2) is 35.0 Å². The van der Waals surface area contributed by atoms with Gasteiger partial charge in [-0.05, 0) is 78.8 Å². The molecule has 0 fully saturated rings. The van der Waals surface area contributed by atoms with Crippen molar-refractivity contribution in [2.24, 2.45) is 0 Å². The molecule has 3 rings (SSSR count). The van der Waals surface area contributed by atoms with Gasteiger partial charge in [0.2, 0.25) is 0 Å².